The number of benzene rings is 2. The van der Waals surface area contributed by atoms with E-state index < -0.39 is 0 Å². The van der Waals surface area contributed by atoms with Crippen LogP contribution >= 0.6 is 0 Å². The SMILES string of the molecule is c1ccc(-c2ccc3ncnc(N4CCNCC4)c3c2)cc1. The molecule has 3 aromatic rings. The van der Waals surface area contributed by atoms with E-state index in [1.165, 1.54) is 11.1 Å². The molecule has 4 heteroatoms. The van der Waals surface area contributed by atoms with Crippen LogP contribution in [-0.4, -0.2) is 36.1 Å². The van der Waals surface area contributed by atoms with Crippen molar-refractivity contribution in [1.82, 2.24) is 15.3 Å². The van der Waals surface area contributed by atoms with Crippen LogP contribution in [0.25, 0.3) is 22.0 Å². The van der Waals surface area contributed by atoms with E-state index in [0.29, 0.717) is 0 Å². The summed E-state index contributed by atoms with van der Waals surface area (Å²) in [7, 11) is 0. The van der Waals surface area contributed by atoms with E-state index in [2.05, 4.69) is 62.6 Å². The van der Waals surface area contributed by atoms with Gasteiger partial charge in [0.2, 0.25) is 0 Å². The van der Waals surface area contributed by atoms with Crippen LogP contribution in [0.3, 0.4) is 0 Å². The van der Waals surface area contributed by atoms with Crippen molar-refractivity contribution < 1.29 is 0 Å². The number of rotatable bonds is 2. The highest BCUT2D eigenvalue weighted by Gasteiger charge is 2.15. The second kappa shape index (κ2) is 5.73. The van der Waals surface area contributed by atoms with Crippen molar-refractivity contribution in [3.8, 4) is 11.1 Å². The lowest BCUT2D eigenvalue weighted by molar-refractivity contribution is 0.586. The summed E-state index contributed by atoms with van der Waals surface area (Å²) in [5.41, 5.74) is 3.43. The highest BCUT2D eigenvalue weighted by Crippen LogP contribution is 2.28. The van der Waals surface area contributed by atoms with Crippen LogP contribution in [0, 0.1) is 0 Å². The van der Waals surface area contributed by atoms with Crippen LogP contribution in [0.15, 0.2) is 54.9 Å². The standard InChI is InChI=1S/C18H18N4/c1-2-4-14(5-3-1)15-6-7-17-16(12-15)18(21-13-20-17)22-10-8-19-9-11-22/h1-7,12-13,19H,8-11H2. The number of aromatic nitrogens is 2. The number of piperazine rings is 1. The fourth-order valence-electron chi connectivity index (χ4n) is 2.98. The molecule has 2 heterocycles. The molecule has 0 unspecified atom stereocenters. The van der Waals surface area contributed by atoms with E-state index in [9.17, 15) is 0 Å². The van der Waals surface area contributed by atoms with E-state index in [1.54, 1.807) is 6.33 Å². The molecule has 1 aliphatic heterocycles. The van der Waals surface area contributed by atoms with Gasteiger partial charge in [-0.15, -0.1) is 0 Å². The zero-order valence-electron chi connectivity index (χ0n) is 12.4. The Balaban J connectivity index is 1.83. The van der Waals surface area contributed by atoms with Crippen molar-refractivity contribution in [3.05, 3.63) is 54.9 Å². The lowest BCUT2D eigenvalue weighted by Gasteiger charge is -2.29. The largest absolute Gasteiger partial charge is 0.353 e. The van der Waals surface area contributed by atoms with E-state index >= 15 is 0 Å². The monoisotopic (exact) mass is 290 g/mol. The predicted octanol–water partition coefficient (Wildman–Crippen LogP) is 2.71. The first-order valence-corrected chi connectivity index (χ1v) is 7.68. The zero-order chi connectivity index (χ0) is 14.8. The second-order valence-electron chi connectivity index (χ2n) is 5.53. The smallest absolute Gasteiger partial charge is 0.139 e. The minimum Gasteiger partial charge on any atom is -0.353 e. The first kappa shape index (κ1) is 13.2. The fourth-order valence-corrected chi connectivity index (χ4v) is 2.98. The first-order chi connectivity index (χ1) is 10.9. The minimum absolute atomic E-state index is 0.988. The summed E-state index contributed by atoms with van der Waals surface area (Å²) in [5, 5.41) is 4.52. The average molecular weight is 290 g/mol. The summed E-state index contributed by atoms with van der Waals surface area (Å²) in [6, 6.07) is 16.9. The summed E-state index contributed by atoms with van der Waals surface area (Å²) in [5.74, 6) is 1.05. The highest BCUT2D eigenvalue weighted by molar-refractivity contribution is 5.92. The summed E-state index contributed by atoms with van der Waals surface area (Å²) in [6.45, 7) is 3.98. The number of nitrogens with one attached hydrogen (secondary N) is 1. The fraction of sp³-hybridized carbons (Fsp3) is 0.222. The van der Waals surface area contributed by atoms with Gasteiger partial charge in [0, 0.05) is 31.6 Å². The van der Waals surface area contributed by atoms with Crippen LogP contribution < -0.4 is 10.2 Å². The Morgan fingerprint density at radius 1 is 0.864 bits per heavy atom. The third kappa shape index (κ3) is 2.42. The highest BCUT2D eigenvalue weighted by atomic mass is 15.2. The topological polar surface area (TPSA) is 41.1 Å². The van der Waals surface area contributed by atoms with Gasteiger partial charge in [-0.25, -0.2) is 9.97 Å². The summed E-state index contributed by atoms with van der Waals surface area (Å²) >= 11 is 0. The molecule has 110 valence electrons. The lowest BCUT2D eigenvalue weighted by Crippen LogP contribution is -2.44. The normalized spacial score (nSPS) is 15.2. The number of nitrogens with zero attached hydrogens (tertiary/aromatic N) is 3. The van der Waals surface area contributed by atoms with Crippen LogP contribution in [0.1, 0.15) is 0 Å². The molecule has 4 rings (SSSR count). The van der Waals surface area contributed by atoms with Gasteiger partial charge >= 0.3 is 0 Å². The first-order valence-electron chi connectivity index (χ1n) is 7.68. The zero-order valence-corrected chi connectivity index (χ0v) is 12.4. The molecule has 0 saturated carbocycles. The third-order valence-corrected chi connectivity index (χ3v) is 4.14. The van der Waals surface area contributed by atoms with Crippen LogP contribution in [-0.2, 0) is 0 Å². The van der Waals surface area contributed by atoms with Crippen molar-refractivity contribution in [2.45, 2.75) is 0 Å². The maximum Gasteiger partial charge on any atom is 0.139 e. The predicted molar refractivity (Wildman–Crippen MR) is 90.1 cm³/mol. The molecule has 0 bridgehead atoms. The van der Waals surface area contributed by atoms with E-state index in [-0.39, 0.29) is 0 Å². The number of anilines is 1. The van der Waals surface area contributed by atoms with Crippen molar-refractivity contribution in [3.63, 3.8) is 0 Å². The summed E-state index contributed by atoms with van der Waals surface area (Å²) in [4.78, 5) is 11.3. The molecule has 2 aromatic carbocycles. The van der Waals surface area contributed by atoms with Gasteiger partial charge < -0.3 is 10.2 Å². The number of fused-ring (bicyclic) bond motifs is 1. The Labute approximate surface area is 129 Å². The molecular formula is C18H18N4. The molecular weight excluding hydrogens is 272 g/mol. The van der Waals surface area contributed by atoms with Crippen molar-refractivity contribution in [1.29, 1.82) is 0 Å². The second-order valence-corrected chi connectivity index (χ2v) is 5.53. The van der Waals surface area contributed by atoms with Crippen molar-refractivity contribution in [2.75, 3.05) is 31.1 Å². The summed E-state index contributed by atoms with van der Waals surface area (Å²) < 4.78 is 0. The van der Waals surface area contributed by atoms with Crippen LogP contribution in [0.2, 0.25) is 0 Å². The Morgan fingerprint density at radius 3 is 2.50 bits per heavy atom. The molecule has 0 atom stereocenters. The molecule has 0 spiro atoms. The quantitative estimate of drug-likeness (QED) is 0.788. The molecule has 0 radical (unpaired) electrons. The van der Waals surface area contributed by atoms with Gasteiger partial charge in [0.1, 0.15) is 12.1 Å². The van der Waals surface area contributed by atoms with Crippen molar-refractivity contribution in [2.24, 2.45) is 0 Å². The van der Waals surface area contributed by atoms with E-state index in [0.717, 1.165) is 42.9 Å². The molecule has 22 heavy (non-hydrogen) atoms. The Morgan fingerprint density at radius 2 is 1.68 bits per heavy atom. The Hall–Kier alpha value is -2.46. The molecule has 1 N–H and O–H groups in total. The van der Waals surface area contributed by atoms with Gasteiger partial charge in [-0.3, -0.25) is 0 Å². The van der Waals surface area contributed by atoms with Crippen LogP contribution in [0.5, 0.6) is 0 Å². The van der Waals surface area contributed by atoms with Gasteiger partial charge in [0.15, 0.2) is 0 Å². The maximum absolute atomic E-state index is 4.55. The maximum atomic E-state index is 4.55. The molecule has 1 fully saturated rings. The van der Waals surface area contributed by atoms with Gasteiger partial charge in [-0.05, 0) is 23.3 Å². The van der Waals surface area contributed by atoms with Crippen molar-refractivity contribution >= 4 is 16.7 Å². The van der Waals surface area contributed by atoms with Gasteiger partial charge in [-0.1, -0.05) is 36.4 Å². The third-order valence-electron chi connectivity index (χ3n) is 4.14. The van der Waals surface area contributed by atoms with Gasteiger partial charge in [0.05, 0.1) is 5.52 Å². The van der Waals surface area contributed by atoms with E-state index in [4.69, 9.17) is 0 Å². The number of hydrogen-bond donors (Lipinski definition) is 1. The molecule has 0 aliphatic carbocycles. The molecule has 1 aromatic heterocycles. The van der Waals surface area contributed by atoms with Gasteiger partial charge in [0.25, 0.3) is 0 Å². The minimum atomic E-state index is 0.988. The van der Waals surface area contributed by atoms with E-state index in [1.807, 2.05) is 6.07 Å². The number of hydrogen-bond acceptors (Lipinski definition) is 4. The molecule has 4 nitrogen and oxygen atoms in total. The Kier molecular flexibility index (Phi) is 3.45. The molecule has 0 amide bonds. The van der Waals surface area contributed by atoms with Gasteiger partial charge in [-0.2, -0.15) is 0 Å². The summed E-state index contributed by atoms with van der Waals surface area (Å²) in [6.07, 6.45) is 1.67. The Bertz CT molecular complexity index is 779. The van der Waals surface area contributed by atoms with Crippen LogP contribution in [0.4, 0.5) is 5.82 Å². The lowest BCUT2D eigenvalue weighted by atomic mass is 10.0. The molecule has 1 saturated heterocycles. The molecule has 1 aliphatic rings. The average Bonchev–Trinajstić information content (AvgIpc) is 2.62.